The van der Waals surface area contributed by atoms with Gasteiger partial charge in [-0.15, -0.1) is 0 Å². The second-order valence-electron chi connectivity index (χ2n) is 6.13. The molecule has 0 aliphatic heterocycles. The molecule has 23 heavy (non-hydrogen) atoms. The number of carboxylic acids is 1. The third kappa shape index (κ3) is 4.69. The van der Waals surface area contributed by atoms with Crippen LogP contribution in [0, 0.1) is 0 Å². The number of carboxylic acid groups (broad SMARTS) is 1. The highest BCUT2D eigenvalue weighted by Crippen LogP contribution is 2.29. The van der Waals surface area contributed by atoms with Gasteiger partial charge in [-0.2, -0.15) is 0 Å². The van der Waals surface area contributed by atoms with E-state index in [0.29, 0.717) is 11.5 Å². The highest BCUT2D eigenvalue weighted by atomic mass is 16.4. The van der Waals surface area contributed by atoms with E-state index in [4.69, 9.17) is 5.11 Å². The lowest BCUT2D eigenvalue weighted by atomic mass is 9.89. The molecule has 2 rings (SSSR count). The molecule has 1 unspecified atom stereocenters. The molecule has 0 amide bonds. The van der Waals surface area contributed by atoms with Crippen LogP contribution in [0.15, 0.2) is 48.5 Å². The first-order chi connectivity index (χ1) is 11.2. The monoisotopic (exact) mass is 310 g/mol. The van der Waals surface area contributed by atoms with E-state index in [1.54, 1.807) is 12.1 Å². The van der Waals surface area contributed by atoms with Gasteiger partial charge in [0.05, 0.1) is 5.56 Å². The molecule has 122 valence electrons. The smallest absolute Gasteiger partial charge is 0.335 e. The molecule has 0 saturated heterocycles. The van der Waals surface area contributed by atoms with Crippen LogP contribution >= 0.6 is 0 Å². The summed E-state index contributed by atoms with van der Waals surface area (Å²) in [5.41, 5.74) is 3.94. The van der Waals surface area contributed by atoms with Gasteiger partial charge in [-0.3, -0.25) is 0 Å². The predicted molar refractivity (Wildman–Crippen MR) is 96.0 cm³/mol. The minimum Gasteiger partial charge on any atom is -0.478 e. The number of hydrogen-bond donors (Lipinski definition) is 1. The van der Waals surface area contributed by atoms with Gasteiger partial charge in [-0.1, -0.05) is 69.5 Å². The molecule has 0 saturated carbocycles. The maximum absolute atomic E-state index is 10.9. The Bertz CT molecular complexity index is 611. The molecule has 0 heterocycles. The molecule has 0 spiro atoms. The first-order valence-corrected chi connectivity index (χ1v) is 8.59. The molecule has 0 radical (unpaired) electrons. The summed E-state index contributed by atoms with van der Waals surface area (Å²) in [7, 11) is 0. The van der Waals surface area contributed by atoms with Gasteiger partial charge in [0.25, 0.3) is 0 Å². The average molecular weight is 310 g/mol. The number of unbranched alkanes of at least 4 members (excludes halogenated alkanes) is 1. The van der Waals surface area contributed by atoms with Crippen molar-refractivity contribution in [3.8, 4) is 11.1 Å². The van der Waals surface area contributed by atoms with Crippen LogP contribution in [0.3, 0.4) is 0 Å². The molecule has 2 nitrogen and oxygen atoms in total. The molecule has 0 aliphatic carbocycles. The topological polar surface area (TPSA) is 37.3 Å². The lowest BCUT2D eigenvalue weighted by Gasteiger charge is -2.17. The SMILES string of the molecule is CCCCC(CCC)c1ccc(-c2ccc(C(=O)O)cc2)cc1. The Hall–Kier alpha value is -2.09. The zero-order chi connectivity index (χ0) is 16.7. The molecule has 0 aromatic heterocycles. The summed E-state index contributed by atoms with van der Waals surface area (Å²) >= 11 is 0. The van der Waals surface area contributed by atoms with Crippen molar-refractivity contribution in [1.82, 2.24) is 0 Å². The highest BCUT2D eigenvalue weighted by molar-refractivity contribution is 5.88. The molecule has 2 heteroatoms. The second-order valence-corrected chi connectivity index (χ2v) is 6.13. The molecule has 2 aromatic carbocycles. The zero-order valence-corrected chi connectivity index (χ0v) is 14.1. The van der Waals surface area contributed by atoms with Gasteiger partial charge >= 0.3 is 5.97 Å². The van der Waals surface area contributed by atoms with Crippen molar-refractivity contribution in [3.63, 3.8) is 0 Å². The highest BCUT2D eigenvalue weighted by Gasteiger charge is 2.10. The molecule has 1 N–H and O–H groups in total. The van der Waals surface area contributed by atoms with Crippen molar-refractivity contribution in [1.29, 1.82) is 0 Å². The fourth-order valence-electron chi connectivity index (χ4n) is 3.03. The van der Waals surface area contributed by atoms with Gasteiger partial charge in [0.1, 0.15) is 0 Å². The van der Waals surface area contributed by atoms with E-state index in [-0.39, 0.29) is 0 Å². The van der Waals surface area contributed by atoms with Crippen LogP contribution in [0.2, 0.25) is 0 Å². The van der Waals surface area contributed by atoms with E-state index in [1.165, 1.54) is 37.7 Å². The summed E-state index contributed by atoms with van der Waals surface area (Å²) in [5, 5.41) is 8.97. The summed E-state index contributed by atoms with van der Waals surface area (Å²) in [6.45, 7) is 4.49. The summed E-state index contributed by atoms with van der Waals surface area (Å²) < 4.78 is 0. The Morgan fingerprint density at radius 2 is 1.43 bits per heavy atom. The van der Waals surface area contributed by atoms with E-state index >= 15 is 0 Å². The van der Waals surface area contributed by atoms with E-state index in [1.807, 2.05) is 12.1 Å². The van der Waals surface area contributed by atoms with E-state index in [9.17, 15) is 4.79 Å². The fraction of sp³-hybridized carbons (Fsp3) is 0.381. The van der Waals surface area contributed by atoms with Crippen LogP contribution in [0.1, 0.15) is 67.8 Å². The second kappa shape index (κ2) is 8.52. The standard InChI is InChI=1S/C21H26O2/c1-3-5-7-16(6-4-2)17-8-10-18(11-9-17)19-12-14-20(15-13-19)21(22)23/h8-16H,3-7H2,1-2H3,(H,22,23). The molecular formula is C21H26O2. The van der Waals surface area contributed by atoms with Gasteiger partial charge in [-0.05, 0) is 47.6 Å². The molecular weight excluding hydrogens is 284 g/mol. The molecule has 0 fully saturated rings. The van der Waals surface area contributed by atoms with Crippen LogP contribution < -0.4 is 0 Å². The summed E-state index contributed by atoms with van der Waals surface area (Å²) in [4.78, 5) is 10.9. The van der Waals surface area contributed by atoms with Crippen LogP contribution in [0.5, 0.6) is 0 Å². The maximum Gasteiger partial charge on any atom is 0.335 e. The predicted octanol–water partition coefficient (Wildman–Crippen LogP) is 6.13. The summed E-state index contributed by atoms with van der Waals surface area (Å²) in [6, 6.07) is 15.8. The first kappa shape index (κ1) is 17.3. The van der Waals surface area contributed by atoms with E-state index < -0.39 is 5.97 Å². The van der Waals surface area contributed by atoms with Crippen molar-refractivity contribution in [3.05, 3.63) is 59.7 Å². The van der Waals surface area contributed by atoms with Crippen molar-refractivity contribution in [2.75, 3.05) is 0 Å². The average Bonchev–Trinajstić information content (AvgIpc) is 2.59. The Morgan fingerprint density at radius 1 is 0.870 bits per heavy atom. The van der Waals surface area contributed by atoms with Gasteiger partial charge in [0, 0.05) is 0 Å². The fourth-order valence-corrected chi connectivity index (χ4v) is 3.03. The number of hydrogen-bond acceptors (Lipinski definition) is 1. The van der Waals surface area contributed by atoms with Gasteiger partial charge < -0.3 is 5.11 Å². The number of rotatable bonds is 8. The van der Waals surface area contributed by atoms with Gasteiger partial charge in [0.2, 0.25) is 0 Å². The van der Waals surface area contributed by atoms with Crippen molar-refractivity contribution in [2.45, 2.75) is 51.9 Å². The number of benzene rings is 2. The molecule has 0 bridgehead atoms. The number of aromatic carboxylic acids is 1. The molecule has 2 aromatic rings. The Labute approximate surface area is 139 Å². The Kier molecular flexibility index (Phi) is 6.40. The Morgan fingerprint density at radius 3 is 1.91 bits per heavy atom. The third-order valence-corrected chi connectivity index (χ3v) is 4.39. The normalized spacial score (nSPS) is 12.1. The van der Waals surface area contributed by atoms with Crippen LogP contribution in [-0.4, -0.2) is 11.1 Å². The maximum atomic E-state index is 10.9. The quantitative estimate of drug-likeness (QED) is 0.637. The van der Waals surface area contributed by atoms with Crippen LogP contribution in [0.25, 0.3) is 11.1 Å². The Balaban J connectivity index is 2.15. The molecule has 0 aliphatic rings. The van der Waals surface area contributed by atoms with E-state index in [2.05, 4.69) is 38.1 Å². The first-order valence-electron chi connectivity index (χ1n) is 8.59. The minimum absolute atomic E-state index is 0.327. The van der Waals surface area contributed by atoms with Crippen molar-refractivity contribution < 1.29 is 9.90 Å². The van der Waals surface area contributed by atoms with Crippen LogP contribution in [-0.2, 0) is 0 Å². The van der Waals surface area contributed by atoms with E-state index in [0.717, 1.165) is 11.1 Å². The largest absolute Gasteiger partial charge is 0.478 e. The number of carbonyl (C=O) groups is 1. The van der Waals surface area contributed by atoms with Gasteiger partial charge in [0.15, 0.2) is 0 Å². The lowest BCUT2D eigenvalue weighted by Crippen LogP contribution is -1.99. The van der Waals surface area contributed by atoms with Gasteiger partial charge in [-0.25, -0.2) is 4.79 Å². The van der Waals surface area contributed by atoms with Crippen molar-refractivity contribution >= 4 is 5.97 Å². The summed E-state index contributed by atoms with van der Waals surface area (Å²) in [6.07, 6.45) is 6.24. The van der Waals surface area contributed by atoms with Crippen molar-refractivity contribution in [2.24, 2.45) is 0 Å². The van der Waals surface area contributed by atoms with Crippen LogP contribution in [0.4, 0.5) is 0 Å². The lowest BCUT2D eigenvalue weighted by molar-refractivity contribution is 0.0697. The minimum atomic E-state index is -0.884. The summed E-state index contributed by atoms with van der Waals surface area (Å²) in [5.74, 6) is -0.228. The molecule has 1 atom stereocenters. The zero-order valence-electron chi connectivity index (χ0n) is 14.1. The third-order valence-electron chi connectivity index (χ3n) is 4.39.